The van der Waals surface area contributed by atoms with Crippen LogP contribution in [0.1, 0.15) is 69.0 Å². The van der Waals surface area contributed by atoms with E-state index in [2.05, 4.69) is 33.0 Å². The van der Waals surface area contributed by atoms with Crippen LogP contribution in [0.2, 0.25) is 0 Å². The number of nitrogens with one attached hydrogen (secondary N) is 1. The molecule has 1 fully saturated rings. The number of hydrogen-bond acceptors (Lipinski definition) is 4. The zero-order valence-electron chi connectivity index (χ0n) is 14.0. The zero-order valence-corrected chi connectivity index (χ0v) is 14.8. The molecule has 0 aromatic carbocycles. The quantitative estimate of drug-likeness (QED) is 0.817. The largest absolute Gasteiger partial charge is 0.368 e. The standard InChI is InChI=1S/C17H30N2OS/c1-5-14-15(12-18-6-2)21-16(19-14)17(20-7-3)10-8-9-13(4)11-17/h13,18H,5-12H2,1-4H3. The van der Waals surface area contributed by atoms with Crippen LogP contribution in [0.3, 0.4) is 0 Å². The van der Waals surface area contributed by atoms with Gasteiger partial charge in [0.2, 0.25) is 0 Å². The Morgan fingerprint density at radius 1 is 1.38 bits per heavy atom. The molecule has 2 unspecified atom stereocenters. The van der Waals surface area contributed by atoms with Crippen LogP contribution >= 0.6 is 11.3 Å². The fraction of sp³-hybridized carbons (Fsp3) is 0.824. The van der Waals surface area contributed by atoms with Crippen molar-refractivity contribution in [1.82, 2.24) is 10.3 Å². The van der Waals surface area contributed by atoms with Crippen LogP contribution in [0, 0.1) is 5.92 Å². The summed E-state index contributed by atoms with van der Waals surface area (Å²) in [6, 6.07) is 0. The Morgan fingerprint density at radius 2 is 2.19 bits per heavy atom. The van der Waals surface area contributed by atoms with Gasteiger partial charge < -0.3 is 10.1 Å². The lowest BCUT2D eigenvalue weighted by atomic mass is 9.79. The summed E-state index contributed by atoms with van der Waals surface area (Å²) in [5.41, 5.74) is 1.14. The molecule has 0 aliphatic heterocycles. The van der Waals surface area contributed by atoms with Gasteiger partial charge in [0.1, 0.15) is 10.6 Å². The van der Waals surface area contributed by atoms with Crippen LogP contribution in [0.4, 0.5) is 0 Å². The SMILES string of the molecule is CCNCc1sc(C2(OCC)CCCC(C)C2)nc1CC. The minimum absolute atomic E-state index is 0.120. The molecule has 0 radical (unpaired) electrons. The Bertz CT molecular complexity index is 442. The van der Waals surface area contributed by atoms with Gasteiger partial charge in [0.05, 0.1) is 5.69 Å². The number of rotatable bonds is 7. The highest BCUT2D eigenvalue weighted by Crippen LogP contribution is 2.44. The Morgan fingerprint density at radius 3 is 2.81 bits per heavy atom. The third kappa shape index (κ3) is 3.85. The average molecular weight is 311 g/mol. The molecular weight excluding hydrogens is 280 g/mol. The highest BCUT2D eigenvalue weighted by atomic mass is 32.1. The van der Waals surface area contributed by atoms with Gasteiger partial charge in [-0.25, -0.2) is 4.98 Å². The van der Waals surface area contributed by atoms with Gasteiger partial charge in [-0.15, -0.1) is 11.3 Å². The zero-order chi connectivity index (χ0) is 15.3. The molecular formula is C17H30N2OS. The second-order valence-electron chi connectivity index (χ2n) is 6.15. The molecule has 1 aromatic rings. The molecule has 0 spiro atoms. The first-order valence-corrected chi connectivity index (χ1v) is 9.30. The summed E-state index contributed by atoms with van der Waals surface area (Å²) in [6.07, 6.45) is 5.84. The van der Waals surface area contributed by atoms with Gasteiger partial charge in [0, 0.05) is 18.0 Å². The Kier molecular flexibility index (Phi) is 6.20. The summed E-state index contributed by atoms with van der Waals surface area (Å²) in [6.45, 7) is 11.5. The van der Waals surface area contributed by atoms with E-state index in [1.807, 2.05) is 11.3 Å². The molecule has 120 valence electrons. The number of nitrogens with zero attached hydrogens (tertiary/aromatic N) is 1. The maximum Gasteiger partial charge on any atom is 0.125 e. The molecule has 0 saturated heterocycles. The fourth-order valence-electron chi connectivity index (χ4n) is 3.40. The van der Waals surface area contributed by atoms with E-state index in [1.165, 1.54) is 28.4 Å². The van der Waals surface area contributed by atoms with Crippen molar-refractivity contribution in [2.24, 2.45) is 5.92 Å². The van der Waals surface area contributed by atoms with Crippen LogP contribution in [0.25, 0.3) is 0 Å². The third-order valence-corrected chi connectivity index (χ3v) is 5.70. The van der Waals surface area contributed by atoms with Gasteiger partial charge in [-0.1, -0.05) is 27.2 Å². The second kappa shape index (κ2) is 7.70. The van der Waals surface area contributed by atoms with Crippen LogP contribution < -0.4 is 5.32 Å². The third-order valence-electron chi connectivity index (χ3n) is 4.41. The maximum atomic E-state index is 6.27. The second-order valence-corrected chi connectivity index (χ2v) is 7.24. The lowest BCUT2D eigenvalue weighted by molar-refractivity contribution is -0.0821. The number of aromatic nitrogens is 1. The van der Waals surface area contributed by atoms with Gasteiger partial charge in [-0.05, 0) is 45.1 Å². The van der Waals surface area contributed by atoms with Crippen LogP contribution in [0.15, 0.2) is 0 Å². The summed E-state index contributed by atoms with van der Waals surface area (Å²) >= 11 is 1.87. The molecule has 2 rings (SSSR count). The summed E-state index contributed by atoms with van der Waals surface area (Å²) in [5.74, 6) is 0.733. The van der Waals surface area contributed by atoms with E-state index in [1.54, 1.807) is 0 Å². The van der Waals surface area contributed by atoms with Crippen molar-refractivity contribution in [3.8, 4) is 0 Å². The van der Waals surface area contributed by atoms with E-state index in [-0.39, 0.29) is 5.60 Å². The first-order chi connectivity index (χ1) is 10.1. The van der Waals surface area contributed by atoms with Gasteiger partial charge in [-0.2, -0.15) is 0 Å². The van der Waals surface area contributed by atoms with Crippen molar-refractivity contribution in [1.29, 1.82) is 0 Å². The smallest absolute Gasteiger partial charge is 0.125 e. The first-order valence-electron chi connectivity index (χ1n) is 8.48. The van der Waals surface area contributed by atoms with Crippen LogP contribution in [0.5, 0.6) is 0 Å². The van der Waals surface area contributed by atoms with E-state index >= 15 is 0 Å². The lowest BCUT2D eigenvalue weighted by Crippen LogP contribution is -2.35. The maximum absolute atomic E-state index is 6.27. The average Bonchev–Trinajstić information content (AvgIpc) is 2.89. The summed E-state index contributed by atoms with van der Waals surface area (Å²) in [7, 11) is 0. The Hall–Kier alpha value is -0.450. The molecule has 1 aliphatic carbocycles. The molecule has 1 heterocycles. The number of ether oxygens (including phenoxy) is 1. The lowest BCUT2D eigenvalue weighted by Gasteiger charge is -2.38. The molecule has 1 saturated carbocycles. The molecule has 1 N–H and O–H groups in total. The van der Waals surface area contributed by atoms with Gasteiger partial charge in [0.25, 0.3) is 0 Å². The van der Waals surface area contributed by atoms with Crippen molar-refractivity contribution in [2.75, 3.05) is 13.2 Å². The molecule has 0 amide bonds. The summed E-state index contributed by atoms with van der Waals surface area (Å²) in [4.78, 5) is 6.38. The van der Waals surface area contributed by atoms with Crippen molar-refractivity contribution < 1.29 is 4.74 Å². The minimum atomic E-state index is -0.120. The molecule has 1 aromatic heterocycles. The predicted octanol–water partition coefficient (Wildman–Crippen LogP) is 4.26. The van der Waals surface area contributed by atoms with E-state index in [4.69, 9.17) is 9.72 Å². The van der Waals surface area contributed by atoms with E-state index in [9.17, 15) is 0 Å². The Balaban J connectivity index is 2.29. The number of thiazole rings is 1. The van der Waals surface area contributed by atoms with Gasteiger partial charge in [0.15, 0.2) is 0 Å². The fourth-order valence-corrected chi connectivity index (χ4v) is 4.70. The van der Waals surface area contributed by atoms with Crippen LogP contribution in [-0.2, 0) is 23.3 Å². The monoisotopic (exact) mass is 310 g/mol. The molecule has 3 nitrogen and oxygen atoms in total. The first kappa shape index (κ1) is 16.9. The van der Waals surface area contributed by atoms with Crippen molar-refractivity contribution in [3.63, 3.8) is 0 Å². The normalized spacial score (nSPS) is 26.2. The molecule has 2 atom stereocenters. The topological polar surface area (TPSA) is 34.1 Å². The Labute approximate surface area is 133 Å². The molecule has 4 heteroatoms. The minimum Gasteiger partial charge on any atom is -0.368 e. The van der Waals surface area contributed by atoms with E-state index in [0.717, 1.165) is 44.9 Å². The van der Waals surface area contributed by atoms with Crippen molar-refractivity contribution in [2.45, 2.75) is 71.9 Å². The predicted molar refractivity (Wildman–Crippen MR) is 89.8 cm³/mol. The van der Waals surface area contributed by atoms with Crippen LogP contribution in [-0.4, -0.2) is 18.1 Å². The van der Waals surface area contributed by atoms with E-state index in [0.29, 0.717) is 0 Å². The highest BCUT2D eigenvalue weighted by Gasteiger charge is 2.40. The van der Waals surface area contributed by atoms with Gasteiger partial charge in [-0.3, -0.25) is 0 Å². The number of hydrogen-bond donors (Lipinski definition) is 1. The van der Waals surface area contributed by atoms with E-state index < -0.39 is 0 Å². The molecule has 21 heavy (non-hydrogen) atoms. The van der Waals surface area contributed by atoms with Crippen molar-refractivity contribution in [3.05, 3.63) is 15.6 Å². The summed E-state index contributed by atoms with van der Waals surface area (Å²) < 4.78 is 6.27. The van der Waals surface area contributed by atoms with Crippen molar-refractivity contribution >= 4 is 11.3 Å². The molecule has 1 aliphatic rings. The highest BCUT2D eigenvalue weighted by molar-refractivity contribution is 7.11. The summed E-state index contributed by atoms with van der Waals surface area (Å²) in [5, 5.41) is 4.66. The van der Waals surface area contributed by atoms with Gasteiger partial charge >= 0.3 is 0 Å². The molecule has 0 bridgehead atoms. The number of aryl methyl sites for hydroxylation is 1.